The Bertz CT molecular complexity index is 1030. The maximum Gasteiger partial charge on any atom is 0.333 e. The van der Waals surface area contributed by atoms with Crippen molar-refractivity contribution in [3.05, 3.63) is 39.8 Å². The normalized spacial score (nSPS) is 22.6. The molecule has 0 spiro atoms. The number of likely N-dealkylation sites (tertiary alicyclic amines) is 1. The number of sulfonamides is 1. The first-order valence-corrected chi connectivity index (χ1v) is 12.9. The van der Waals surface area contributed by atoms with Crippen molar-refractivity contribution in [1.29, 1.82) is 0 Å². The van der Waals surface area contributed by atoms with Crippen molar-refractivity contribution >= 4 is 27.6 Å². The monoisotopic (exact) mass is 443 g/mol. The van der Waals surface area contributed by atoms with Crippen molar-refractivity contribution in [1.82, 2.24) is 9.62 Å². The summed E-state index contributed by atoms with van der Waals surface area (Å²) >= 11 is 0. The van der Waals surface area contributed by atoms with Gasteiger partial charge in [0.1, 0.15) is 0 Å². The molecule has 0 unspecified atom stereocenters. The number of aryl methyl sites for hydroxylation is 2. The lowest BCUT2D eigenvalue weighted by Crippen LogP contribution is -2.36. The first kappa shape index (κ1) is 20.5. The van der Waals surface area contributed by atoms with Crippen LogP contribution in [0.15, 0.2) is 17.6 Å². The second-order valence-corrected chi connectivity index (χ2v) is 10.7. The predicted octanol–water partition coefficient (Wildman–Crippen LogP) is 3.03. The van der Waals surface area contributed by atoms with Crippen LogP contribution in [0.3, 0.4) is 0 Å². The van der Waals surface area contributed by atoms with Crippen LogP contribution < -0.4 is 10.0 Å². The van der Waals surface area contributed by atoms with E-state index in [0.717, 1.165) is 86.4 Å². The van der Waals surface area contributed by atoms with Crippen LogP contribution in [0, 0.1) is 5.92 Å². The maximum atomic E-state index is 12.6. The molecule has 7 nitrogen and oxygen atoms in total. The first-order chi connectivity index (χ1) is 14.9. The number of hydrogen-bond donors (Lipinski definition) is 2. The number of benzene rings is 1. The van der Waals surface area contributed by atoms with Gasteiger partial charge in [0.15, 0.2) is 0 Å². The molecule has 0 radical (unpaired) electrons. The molecule has 1 aromatic carbocycles. The largest absolute Gasteiger partial charge is 0.336 e. The molecule has 4 aliphatic rings. The molecule has 1 saturated carbocycles. The summed E-state index contributed by atoms with van der Waals surface area (Å²) in [5.41, 5.74) is 5.68. The molecule has 1 heterocycles. The molecule has 0 bridgehead atoms. The SMILES string of the molecule is O=C(Nc1c2c(cc3c1CCC3)CCC2)NS(=O)(=O)/C=C/[C@H]1CCCN1C(=O)C1CC1. The Morgan fingerprint density at radius 1 is 0.968 bits per heavy atom. The number of anilines is 1. The molecule has 0 aromatic heterocycles. The van der Waals surface area contributed by atoms with Crippen LogP contribution in [0.5, 0.6) is 0 Å². The number of hydrogen-bond acceptors (Lipinski definition) is 4. The van der Waals surface area contributed by atoms with E-state index in [0.29, 0.717) is 6.54 Å². The Labute approximate surface area is 183 Å². The van der Waals surface area contributed by atoms with Gasteiger partial charge in [-0.05, 0) is 92.5 Å². The zero-order chi connectivity index (χ0) is 21.6. The molecule has 1 atom stereocenters. The number of urea groups is 1. The molecule has 1 aromatic rings. The Morgan fingerprint density at radius 2 is 1.65 bits per heavy atom. The third kappa shape index (κ3) is 4.22. The molecule has 166 valence electrons. The van der Waals surface area contributed by atoms with Crippen LogP contribution in [0.1, 0.15) is 60.8 Å². The number of carbonyl (C=O) groups excluding carboxylic acids is 2. The molecule has 3 aliphatic carbocycles. The second kappa shape index (κ2) is 7.97. The van der Waals surface area contributed by atoms with E-state index >= 15 is 0 Å². The summed E-state index contributed by atoms with van der Waals surface area (Å²) in [4.78, 5) is 26.7. The van der Waals surface area contributed by atoms with Gasteiger partial charge in [-0.1, -0.05) is 6.07 Å². The molecular weight excluding hydrogens is 414 g/mol. The van der Waals surface area contributed by atoms with Crippen molar-refractivity contribution in [2.75, 3.05) is 11.9 Å². The summed E-state index contributed by atoms with van der Waals surface area (Å²) in [5.74, 6) is 0.242. The minimum atomic E-state index is -3.95. The zero-order valence-corrected chi connectivity index (χ0v) is 18.5. The van der Waals surface area contributed by atoms with Crippen LogP contribution in [-0.2, 0) is 40.5 Å². The predicted molar refractivity (Wildman–Crippen MR) is 118 cm³/mol. The summed E-state index contributed by atoms with van der Waals surface area (Å²) < 4.78 is 27.2. The zero-order valence-electron chi connectivity index (χ0n) is 17.7. The minimum Gasteiger partial charge on any atom is -0.336 e. The molecule has 3 amide bonds. The minimum absolute atomic E-state index is 0.115. The molecule has 5 rings (SSSR count). The Kier molecular flexibility index (Phi) is 5.28. The fraction of sp³-hybridized carbons (Fsp3) is 0.565. The highest BCUT2D eigenvalue weighted by Gasteiger charge is 2.37. The van der Waals surface area contributed by atoms with E-state index in [2.05, 4.69) is 16.1 Å². The maximum absolute atomic E-state index is 12.6. The van der Waals surface area contributed by atoms with Crippen LogP contribution in [-0.4, -0.2) is 37.8 Å². The van der Waals surface area contributed by atoms with Crippen molar-refractivity contribution in [2.24, 2.45) is 5.92 Å². The van der Waals surface area contributed by atoms with Gasteiger partial charge in [0.2, 0.25) is 5.91 Å². The second-order valence-electron chi connectivity index (χ2n) is 9.18. The van der Waals surface area contributed by atoms with Crippen molar-refractivity contribution < 1.29 is 18.0 Å². The topological polar surface area (TPSA) is 95.6 Å². The molecule has 8 heteroatoms. The van der Waals surface area contributed by atoms with Crippen LogP contribution in [0.25, 0.3) is 0 Å². The van der Waals surface area contributed by atoms with E-state index in [1.165, 1.54) is 11.1 Å². The van der Waals surface area contributed by atoms with Gasteiger partial charge in [-0.2, -0.15) is 0 Å². The number of amides is 3. The standard InChI is InChI=1S/C23H29N3O4S/c27-22(15-9-10-15)26-12-3-6-18(26)11-13-31(29,30)25-23(28)24-21-19-7-1-4-16(19)14-17-5-2-8-20(17)21/h11,13-15,18H,1-10,12H2,(H2,24,25,28)/b13-11+/t18-/m1/s1. The number of carbonyl (C=O) groups is 2. The van der Waals surface area contributed by atoms with E-state index < -0.39 is 16.1 Å². The Hall–Kier alpha value is -2.35. The summed E-state index contributed by atoms with van der Waals surface area (Å²) in [6.07, 6.45) is 11.0. The number of nitrogens with one attached hydrogen (secondary N) is 2. The Balaban J connectivity index is 1.27. The fourth-order valence-corrected chi connectivity index (χ4v) is 6.06. The quantitative estimate of drug-likeness (QED) is 0.731. The van der Waals surface area contributed by atoms with E-state index in [-0.39, 0.29) is 17.9 Å². The van der Waals surface area contributed by atoms with Crippen molar-refractivity contribution in [3.63, 3.8) is 0 Å². The molecule has 31 heavy (non-hydrogen) atoms. The van der Waals surface area contributed by atoms with E-state index in [9.17, 15) is 18.0 Å². The van der Waals surface area contributed by atoms with E-state index in [1.54, 1.807) is 11.0 Å². The lowest BCUT2D eigenvalue weighted by atomic mass is 9.99. The average Bonchev–Trinajstić information content (AvgIpc) is 3.11. The van der Waals surface area contributed by atoms with Crippen molar-refractivity contribution in [3.8, 4) is 0 Å². The van der Waals surface area contributed by atoms with Gasteiger partial charge in [-0.3, -0.25) is 4.79 Å². The molecule has 1 saturated heterocycles. The van der Waals surface area contributed by atoms with Crippen LogP contribution in [0.2, 0.25) is 0 Å². The summed E-state index contributed by atoms with van der Waals surface area (Å²) in [6.45, 7) is 0.669. The van der Waals surface area contributed by atoms with E-state index in [4.69, 9.17) is 0 Å². The molecular formula is C23H29N3O4S. The van der Waals surface area contributed by atoms with Crippen LogP contribution in [0.4, 0.5) is 10.5 Å². The summed E-state index contributed by atoms with van der Waals surface area (Å²) in [6, 6.07) is 1.33. The highest BCUT2D eigenvalue weighted by Crippen LogP contribution is 2.38. The third-order valence-corrected chi connectivity index (χ3v) is 7.92. The van der Waals surface area contributed by atoms with Gasteiger partial charge in [0, 0.05) is 23.6 Å². The van der Waals surface area contributed by atoms with Crippen LogP contribution >= 0.6 is 0 Å². The smallest absolute Gasteiger partial charge is 0.333 e. The van der Waals surface area contributed by atoms with E-state index in [1.807, 2.05) is 0 Å². The molecule has 2 fully saturated rings. The molecule has 2 N–H and O–H groups in total. The molecule has 1 aliphatic heterocycles. The highest BCUT2D eigenvalue weighted by molar-refractivity contribution is 7.92. The van der Waals surface area contributed by atoms with Gasteiger partial charge in [0.25, 0.3) is 10.0 Å². The summed E-state index contributed by atoms with van der Waals surface area (Å²) in [7, 11) is -3.95. The van der Waals surface area contributed by atoms with Gasteiger partial charge >= 0.3 is 6.03 Å². The van der Waals surface area contributed by atoms with Gasteiger partial charge in [0.05, 0.1) is 6.04 Å². The van der Waals surface area contributed by atoms with Crippen molar-refractivity contribution in [2.45, 2.75) is 70.3 Å². The van der Waals surface area contributed by atoms with Gasteiger partial charge < -0.3 is 10.2 Å². The fourth-order valence-electron chi connectivity index (χ4n) is 5.29. The van der Waals surface area contributed by atoms with Gasteiger partial charge in [-0.15, -0.1) is 0 Å². The third-order valence-electron chi connectivity index (χ3n) is 6.94. The number of fused-ring (bicyclic) bond motifs is 2. The average molecular weight is 444 g/mol. The number of rotatable bonds is 5. The summed E-state index contributed by atoms with van der Waals surface area (Å²) in [5, 5.41) is 3.89. The Morgan fingerprint density at radius 3 is 2.29 bits per heavy atom. The lowest BCUT2D eigenvalue weighted by molar-refractivity contribution is -0.132. The highest BCUT2D eigenvalue weighted by atomic mass is 32.2. The number of nitrogens with zero attached hydrogens (tertiary/aromatic N) is 1. The lowest BCUT2D eigenvalue weighted by Gasteiger charge is -2.22. The van der Waals surface area contributed by atoms with Gasteiger partial charge in [-0.25, -0.2) is 17.9 Å². The first-order valence-electron chi connectivity index (χ1n) is 11.4.